The Labute approximate surface area is 79.4 Å². The first-order valence-electron chi connectivity index (χ1n) is 3.19. The lowest BCUT2D eigenvalue weighted by atomic mass is 10.7. The van der Waals surface area contributed by atoms with Crippen molar-refractivity contribution in [1.29, 1.82) is 0 Å². The molecule has 0 spiro atoms. The van der Waals surface area contributed by atoms with Crippen molar-refractivity contribution in [3.8, 4) is 0 Å². The number of thiophene rings is 1. The van der Waals surface area contributed by atoms with Crippen LogP contribution < -0.4 is 4.72 Å². The van der Waals surface area contributed by atoms with Gasteiger partial charge in [-0.1, -0.05) is 0 Å². The minimum atomic E-state index is -3.74. The van der Waals surface area contributed by atoms with Crippen molar-refractivity contribution in [2.45, 2.75) is 4.90 Å². The van der Waals surface area contributed by atoms with E-state index in [1.54, 1.807) is 10.1 Å². The second-order valence-corrected chi connectivity index (χ2v) is 4.52. The molecule has 7 heteroatoms. The Morgan fingerprint density at radius 1 is 1.62 bits per heavy atom. The average Bonchev–Trinajstić information content (AvgIpc) is 2.55. The molecule has 72 valence electrons. The number of amides is 1. The van der Waals surface area contributed by atoms with E-state index >= 15 is 0 Å². The van der Waals surface area contributed by atoms with Gasteiger partial charge in [0.05, 0.1) is 12.0 Å². The maximum atomic E-state index is 11.3. The summed E-state index contributed by atoms with van der Waals surface area (Å²) in [5.74, 6) is 0. The van der Waals surface area contributed by atoms with E-state index in [4.69, 9.17) is 0 Å². The second kappa shape index (κ2) is 3.75. The molecule has 0 fully saturated rings. The molecule has 1 amide bonds. The van der Waals surface area contributed by atoms with Crippen molar-refractivity contribution < 1.29 is 17.9 Å². The summed E-state index contributed by atoms with van der Waals surface area (Å²) in [6.07, 6.45) is -0.994. The fourth-order valence-electron chi connectivity index (χ4n) is 0.615. The van der Waals surface area contributed by atoms with Gasteiger partial charge in [0, 0.05) is 5.38 Å². The summed E-state index contributed by atoms with van der Waals surface area (Å²) in [7, 11) is -2.65. The van der Waals surface area contributed by atoms with Crippen molar-refractivity contribution >= 4 is 27.5 Å². The first-order chi connectivity index (χ1) is 6.06. The van der Waals surface area contributed by atoms with E-state index in [2.05, 4.69) is 4.74 Å². The molecule has 0 atom stereocenters. The van der Waals surface area contributed by atoms with Crippen LogP contribution in [0.3, 0.4) is 0 Å². The molecular formula is C6H7NO4S2. The SMILES string of the molecule is COC(=O)NS(=O)(=O)c1ccsc1. The number of hydrogen-bond donors (Lipinski definition) is 1. The van der Waals surface area contributed by atoms with E-state index in [0.717, 1.165) is 7.11 Å². The molecule has 0 saturated heterocycles. The molecule has 0 aliphatic carbocycles. The first kappa shape index (κ1) is 10.0. The van der Waals surface area contributed by atoms with E-state index in [9.17, 15) is 13.2 Å². The van der Waals surface area contributed by atoms with Crippen molar-refractivity contribution in [2.24, 2.45) is 0 Å². The molecule has 0 bridgehead atoms. The van der Waals surface area contributed by atoms with Crippen molar-refractivity contribution in [1.82, 2.24) is 4.72 Å². The number of sulfonamides is 1. The van der Waals surface area contributed by atoms with Crippen LogP contribution >= 0.6 is 11.3 Å². The Kier molecular flexibility index (Phi) is 2.89. The predicted molar refractivity (Wildman–Crippen MR) is 47.0 cm³/mol. The number of carbonyl (C=O) groups is 1. The highest BCUT2D eigenvalue weighted by molar-refractivity contribution is 7.90. The summed E-state index contributed by atoms with van der Waals surface area (Å²) >= 11 is 1.23. The minimum Gasteiger partial charge on any atom is -0.452 e. The third-order valence-corrected chi connectivity index (χ3v) is 3.35. The van der Waals surface area contributed by atoms with Gasteiger partial charge in [0.25, 0.3) is 10.0 Å². The van der Waals surface area contributed by atoms with E-state index < -0.39 is 16.1 Å². The third-order valence-electron chi connectivity index (χ3n) is 1.21. The van der Waals surface area contributed by atoms with Gasteiger partial charge in [-0.25, -0.2) is 17.9 Å². The lowest BCUT2D eigenvalue weighted by Crippen LogP contribution is -2.29. The molecule has 1 aromatic rings. The maximum absolute atomic E-state index is 11.3. The van der Waals surface area contributed by atoms with Crippen LogP contribution in [0.4, 0.5) is 4.79 Å². The molecule has 1 aromatic heterocycles. The Bertz CT molecular complexity index is 381. The number of hydrogen-bond acceptors (Lipinski definition) is 5. The van der Waals surface area contributed by atoms with E-state index in [1.165, 1.54) is 22.8 Å². The normalized spacial score (nSPS) is 10.8. The van der Waals surface area contributed by atoms with Gasteiger partial charge < -0.3 is 4.74 Å². The quantitative estimate of drug-likeness (QED) is 0.801. The van der Waals surface area contributed by atoms with Crippen LogP contribution in [-0.2, 0) is 14.8 Å². The molecule has 13 heavy (non-hydrogen) atoms. The molecule has 0 unspecified atom stereocenters. The summed E-state index contributed by atoms with van der Waals surface area (Å²) in [5, 5.41) is 3.02. The Morgan fingerprint density at radius 2 is 2.31 bits per heavy atom. The van der Waals surface area contributed by atoms with Crippen molar-refractivity contribution in [3.05, 3.63) is 16.8 Å². The van der Waals surface area contributed by atoms with Gasteiger partial charge >= 0.3 is 6.09 Å². The van der Waals surface area contributed by atoms with Gasteiger partial charge in [-0.2, -0.15) is 11.3 Å². The summed E-state index contributed by atoms with van der Waals surface area (Å²) in [4.78, 5) is 10.7. The summed E-state index contributed by atoms with van der Waals surface area (Å²) in [6, 6.07) is 1.40. The zero-order chi connectivity index (χ0) is 9.90. The van der Waals surface area contributed by atoms with Crippen LogP contribution in [0, 0.1) is 0 Å². The van der Waals surface area contributed by atoms with Crippen LogP contribution in [0.15, 0.2) is 21.7 Å². The summed E-state index contributed by atoms with van der Waals surface area (Å²) < 4.78 is 28.4. The van der Waals surface area contributed by atoms with Crippen LogP contribution in [-0.4, -0.2) is 21.6 Å². The highest BCUT2D eigenvalue weighted by Crippen LogP contribution is 2.12. The Balaban J connectivity index is 2.86. The van der Waals surface area contributed by atoms with Crippen LogP contribution in [0.25, 0.3) is 0 Å². The fourth-order valence-corrected chi connectivity index (χ4v) is 2.56. The fraction of sp³-hybridized carbons (Fsp3) is 0.167. The van der Waals surface area contributed by atoms with Crippen LogP contribution in [0.2, 0.25) is 0 Å². The molecule has 1 N–H and O–H groups in total. The molecule has 0 saturated carbocycles. The third kappa shape index (κ3) is 2.43. The minimum absolute atomic E-state index is 0.0582. The van der Waals surface area contributed by atoms with Gasteiger partial charge in [-0.3, -0.25) is 0 Å². The Hall–Kier alpha value is -1.08. The van der Waals surface area contributed by atoms with Gasteiger partial charge in [0.2, 0.25) is 0 Å². The number of nitrogens with one attached hydrogen (secondary N) is 1. The van der Waals surface area contributed by atoms with Gasteiger partial charge in [-0.05, 0) is 11.4 Å². The highest BCUT2D eigenvalue weighted by atomic mass is 32.2. The van der Waals surface area contributed by atoms with Crippen LogP contribution in [0.5, 0.6) is 0 Å². The maximum Gasteiger partial charge on any atom is 0.420 e. The molecule has 1 rings (SSSR count). The monoisotopic (exact) mass is 221 g/mol. The second-order valence-electron chi connectivity index (χ2n) is 2.06. The molecule has 1 heterocycles. The number of methoxy groups -OCH3 is 1. The van der Waals surface area contributed by atoms with E-state index in [-0.39, 0.29) is 4.90 Å². The number of carbonyl (C=O) groups excluding carboxylic acids is 1. The number of rotatable bonds is 2. The summed E-state index contributed by atoms with van der Waals surface area (Å²) in [5.41, 5.74) is 0. The Morgan fingerprint density at radius 3 is 2.77 bits per heavy atom. The predicted octanol–water partition coefficient (Wildman–Crippen LogP) is 0.793. The van der Waals surface area contributed by atoms with Gasteiger partial charge in [0.15, 0.2) is 0 Å². The largest absolute Gasteiger partial charge is 0.452 e. The average molecular weight is 221 g/mol. The topological polar surface area (TPSA) is 72.5 Å². The molecule has 0 aromatic carbocycles. The van der Waals surface area contributed by atoms with Gasteiger partial charge in [0.1, 0.15) is 0 Å². The lowest BCUT2D eigenvalue weighted by molar-refractivity contribution is 0.177. The molecule has 0 radical (unpaired) electrons. The van der Waals surface area contributed by atoms with E-state index in [0.29, 0.717) is 0 Å². The first-order valence-corrected chi connectivity index (χ1v) is 5.62. The van der Waals surface area contributed by atoms with Gasteiger partial charge in [-0.15, -0.1) is 0 Å². The molecule has 0 aliphatic heterocycles. The van der Waals surface area contributed by atoms with Crippen LogP contribution in [0.1, 0.15) is 0 Å². The highest BCUT2D eigenvalue weighted by Gasteiger charge is 2.17. The molecule has 5 nitrogen and oxygen atoms in total. The zero-order valence-corrected chi connectivity index (χ0v) is 8.31. The smallest absolute Gasteiger partial charge is 0.420 e. The standard InChI is InChI=1S/C6H7NO4S2/c1-11-6(8)7-13(9,10)5-2-3-12-4-5/h2-4H,1H3,(H,7,8). The van der Waals surface area contributed by atoms with Crippen molar-refractivity contribution in [2.75, 3.05) is 7.11 Å². The molecule has 0 aliphatic rings. The summed E-state index contributed by atoms with van der Waals surface area (Å²) in [6.45, 7) is 0. The lowest BCUT2D eigenvalue weighted by Gasteiger charge is -2.02. The molecular weight excluding hydrogens is 214 g/mol. The number of ether oxygens (including phenoxy) is 1. The zero-order valence-electron chi connectivity index (χ0n) is 6.68. The van der Waals surface area contributed by atoms with Crippen molar-refractivity contribution in [3.63, 3.8) is 0 Å². The van der Waals surface area contributed by atoms with E-state index in [1.807, 2.05) is 0 Å².